The first kappa shape index (κ1) is 12.9. The van der Waals surface area contributed by atoms with E-state index in [-0.39, 0.29) is 5.91 Å². The molecule has 0 saturated carbocycles. The summed E-state index contributed by atoms with van der Waals surface area (Å²) in [5, 5.41) is 0.851. The number of aromatic nitrogens is 2. The van der Waals surface area contributed by atoms with Gasteiger partial charge >= 0.3 is 0 Å². The topological polar surface area (TPSA) is 49.0 Å². The zero-order valence-corrected chi connectivity index (χ0v) is 11.2. The smallest absolute Gasteiger partial charge is 0.255 e. The summed E-state index contributed by atoms with van der Waals surface area (Å²) in [5.74, 6) is 0.545. The zero-order chi connectivity index (χ0) is 13.1. The maximum Gasteiger partial charge on any atom is 0.255 e. The van der Waals surface area contributed by atoms with E-state index in [0.29, 0.717) is 22.2 Å². The van der Waals surface area contributed by atoms with Crippen molar-refractivity contribution in [1.82, 2.24) is 14.9 Å². The summed E-state index contributed by atoms with van der Waals surface area (Å²) in [6.07, 6.45) is 3.35. The molecule has 0 radical (unpaired) electrons. The van der Waals surface area contributed by atoms with Gasteiger partial charge in [0.1, 0.15) is 5.82 Å². The minimum absolute atomic E-state index is 0.173. The Bertz CT molecular complexity index is 554. The average Bonchev–Trinajstić information content (AvgIpc) is 2.81. The number of hydrogen-bond donors (Lipinski definition) is 1. The van der Waals surface area contributed by atoms with Crippen molar-refractivity contribution in [2.45, 2.75) is 6.54 Å². The number of amides is 1. The minimum atomic E-state index is -0.173. The zero-order valence-electron chi connectivity index (χ0n) is 9.65. The van der Waals surface area contributed by atoms with E-state index in [1.807, 2.05) is 0 Å². The standard InChI is InChI=1S/C12H11Cl2N3O/c1-17(7-11-15-4-5-16-11)12(18)9-3-2-8(13)6-10(9)14/h2-6H,7H2,1H3,(H,15,16). The molecule has 0 aliphatic carbocycles. The predicted octanol–water partition coefficient (Wildman–Crippen LogP) is 2.99. The van der Waals surface area contributed by atoms with Gasteiger partial charge in [-0.25, -0.2) is 4.98 Å². The van der Waals surface area contributed by atoms with Crippen molar-refractivity contribution in [1.29, 1.82) is 0 Å². The molecule has 4 nitrogen and oxygen atoms in total. The molecule has 1 heterocycles. The number of halogens is 2. The van der Waals surface area contributed by atoms with Crippen molar-refractivity contribution in [3.8, 4) is 0 Å². The van der Waals surface area contributed by atoms with Gasteiger partial charge in [-0.05, 0) is 18.2 Å². The molecule has 18 heavy (non-hydrogen) atoms. The van der Waals surface area contributed by atoms with Crippen molar-refractivity contribution < 1.29 is 4.79 Å². The fourth-order valence-corrected chi connectivity index (χ4v) is 2.04. The maximum atomic E-state index is 12.2. The van der Waals surface area contributed by atoms with Gasteiger partial charge < -0.3 is 9.88 Å². The number of carbonyl (C=O) groups is 1. The predicted molar refractivity (Wildman–Crippen MR) is 70.8 cm³/mol. The Labute approximate surface area is 115 Å². The van der Waals surface area contributed by atoms with Gasteiger partial charge in [-0.2, -0.15) is 0 Å². The second-order valence-electron chi connectivity index (χ2n) is 3.82. The molecular formula is C12H11Cl2N3O. The van der Waals surface area contributed by atoms with Crippen LogP contribution in [0, 0.1) is 0 Å². The molecule has 1 N–H and O–H groups in total. The lowest BCUT2D eigenvalue weighted by atomic mass is 10.2. The van der Waals surface area contributed by atoms with E-state index >= 15 is 0 Å². The van der Waals surface area contributed by atoms with Gasteiger partial charge in [-0.1, -0.05) is 23.2 Å². The van der Waals surface area contributed by atoms with Crippen molar-refractivity contribution in [2.24, 2.45) is 0 Å². The first-order valence-electron chi connectivity index (χ1n) is 5.26. The number of aromatic amines is 1. The minimum Gasteiger partial charge on any atom is -0.347 e. The quantitative estimate of drug-likeness (QED) is 0.942. The van der Waals surface area contributed by atoms with Crippen LogP contribution in [0.1, 0.15) is 16.2 Å². The Morgan fingerprint density at radius 3 is 2.83 bits per heavy atom. The summed E-state index contributed by atoms with van der Waals surface area (Å²) in [6, 6.07) is 4.81. The molecule has 0 fully saturated rings. The lowest BCUT2D eigenvalue weighted by Crippen LogP contribution is -2.26. The van der Waals surface area contributed by atoms with Crippen LogP contribution in [0.2, 0.25) is 10.0 Å². The van der Waals surface area contributed by atoms with Crippen LogP contribution in [0.15, 0.2) is 30.6 Å². The van der Waals surface area contributed by atoms with Gasteiger partial charge in [0.2, 0.25) is 0 Å². The molecule has 1 aromatic heterocycles. The molecular weight excluding hydrogens is 273 g/mol. The van der Waals surface area contributed by atoms with Crippen LogP contribution >= 0.6 is 23.2 Å². The molecule has 6 heteroatoms. The second-order valence-corrected chi connectivity index (χ2v) is 4.66. The van der Waals surface area contributed by atoms with Gasteiger partial charge in [-0.3, -0.25) is 4.79 Å². The first-order chi connectivity index (χ1) is 8.58. The van der Waals surface area contributed by atoms with Gasteiger partial charge in [0.05, 0.1) is 17.1 Å². The number of imidazole rings is 1. The third-order valence-corrected chi connectivity index (χ3v) is 3.00. The molecule has 0 atom stereocenters. The Balaban J connectivity index is 2.15. The van der Waals surface area contributed by atoms with Crippen LogP contribution in [0.5, 0.6) is 0 Å². The molecule has 1 aromatic carbocycles. The molecule has 0 bridgehead atoms. The molecule has 94 valence electrons. The Hall–Kier alpha value is -1.52. The highest BCUT2D eigenvalue weighted by molar-refractivity contribution is 6.36. The van der Waals surface area contributed by atoms with Crippen LogP contribution in [0.3, 0.4) is 0 Å². The summed E-state index contributed by atoms with van der Waals surface area (Å²) in [6.45, 7) is 0.394. The Morgan fingerprint density at radius 2 is 2.22 bits per heavy atom. The molecule has 0 aliphatic rings. The SMILES string of the molecule is CN(Cc1ncc[nH]1)C(=O)c1ccc(Cl)cc1Cl. The molecule has 2 rings (SSSR count). The third-order valence-electron chi connectivity index (χ3n) is 2.45. The van der Waals surface area contributed by atoms with Crippen molar-refractivity contribution in [3.63, 3.8) is 0 Å². The second kappa shape index (κ2) is 5.42. The highest BCUT2D eigenvalue weighted by atomic mass is 35.5. The van der Waals surface area contributed by atoms with E-state index in [4.69, 9.17) is 23.2 Å². The van der Waals surface area contributed by atoms with Crippen LogP contribution in [-0.4, -0.2) is 27.8 Å². The number of benzene rings is 1. The Kier molecular flexibility index (Phi) is 3.89. The van der Waals surface area contributed by atoms with Crippen LogP contribution in [0.25, 0.3) is 0 Å². The van der Waals surface area contributed by atoms with Crippen LogP contribution in [-0.2, 0) is 6.54 Å². The molecule has 1 amide bonds. The largest absolute Gasteiger partial charge is 0.347 e. The van der Waals surface area contributed by atoms with Crippen molar-refractivity contribution in [3.05, 3.63) is 52.0 Å². The average molecular weight is 284 g/mol. The molecule has 0 aliphatic heterocycles. The summed E-state index contributed by atoms with van der Waals surface area (Å²) in [5.41, 5.74) is 0.426. The Morgan fingerprint density at radius 1 is 1.44 bits per heavy atom. The highest BCUT2D eigenvalue weighted by Gasteiger charge is 2.16. The molecule has 0 saturated heterocycles. The van der Waals surface area contributed by atoms with Gasteiger partial charge in [0.15, 0.2) is 0 Å². The summed E-state index contributed by atoms with van der Waals surface area (Å²) < 4.78 is 0. The van der Waals surface area contributed by atoms with E-state index in [1.165, 1.54) is 4.90 Å². The fraction of sp³-hybridized carbons (Fsp3) is 0.167. The van der Waals surface area contributed by atoms with Crippen LogP contribution < -0.4 is 0 Å². The maximum absolute atomic E-state index is 12.2. The third kappa shape index (κ3) is 2.83. The van der Waals surface area contributed by atoms with E-state index in [1.54, 1.807) is 37.6 Å². The monoisotopic (exact) mass is 283 g/mol. The number of rotatable bonds is 3. The highest BCUT2D eigenvalue weighted by Crippen LogP contribution is 2.22. The van der Waals surface area contributed by atoms with E-state index < -0.39 is 0 Å². The molecule has 2 aromatic rings. The van der Waals surface area contributed by atoms with Crippen molar-refractivity contribution in [2.75, 3.05) is 7.05 Å². The van der Waals surface area contributed by atoms with Gasteiger partial charge in [0.25, 0.3) is 5.91 Å². The first-order valence-corrected chi connectivity index (χ1v) is 6.02. The van der Waals surface area contributed by atoms with E-state index in [2.05, 4.69) is 9.97 Å². The van der Waals surface area contributed by atoms with E-state index in [9.17, 15) is 4.79 Å². The summed E-state index contributed by atoms with van der Waals surface area (Å²) >= 11 is 11.8. The lowest BCUT2D eigenvalue weighted by molar-refractivity contribution is 0.0782. The number of nitrogens with one attached hydrogen (secondary N) is 1. The number of nitrogens with zero attached hydrogens (tertiary/aromatic N) is 2. The number of carbonyl (C=O) groups excluding carboxylic acids is 1. The molecule has 0 spiro atoms. The van der Waals surface area contributed by atoms with Crippen molar-refractivity contribution >= 4 is 29.1 Å². The van der Waals surface area contributed by atoms with E-state index in [0.717, 1.165) is 5.82 Å². The number of H-pyrrole nitrogens is 1. The van der Waals surface area contributed by atoms with Gasteiger partial charge in [-0.15, -0.1) is 0 Å². The fourth-order valence-electron chi connectivity index (χ4n) is 1.55. The number of hydrogen-bond acceptors (Lipinski definition) is 2. The summed E-state index contributed by atoms with van der Waals surface area (Å²) in [4.78, 5) is 20.7. The summed E-state index contributed by atoms with van der Waals surface area (Å²) in [7, 11) is 1.69. The molecule has 0 unspecified atom stereocenters. The lowest BCUT2D eigenvalue weighted by Gasteiger charge is -2.16. The van der Waals surface area contributed by atoms with Gasteiger partial charge in [0, 0.05) is 24.5 Å². The van der Waals surface area contributed by atoms with Crippen LogP contribution in [0.4, 0.5) is 0 Å². The normalized spacial score (nSPS) is 10.4.